The van der Waals surface area contributed by atoms with Crippen molar-refractivity contribution < 1.29 is 4.74 Å². The molecule has 0 saturated carbocycles. The lowest BCUT2D eigenvalue weighted by atomic mass is 10.1. The maximum Gasteiger partial charge on any atom is 0.223 e. The van der Waals surface area contributed by atoms with Gasteiger partial charge in [0.25, 0.3) is 0 Å². The molecule has 5 nitrogen and oxygen atoms in total. The van der Waals surface area contributed by atoms with Gasteiger partial charge in [-0.3, -0.25) is 4.90 Å². The predicted molar refractivity (Wildman–Crippen MR) is 89.3 cm³/mol. The number of benzene rings is 1. The van der Waals surface area contributed by atoms with Crippen molar-refractivity contribution in [2.75, 3.05) is 25.0 Å². The third-order valence-electron chi connectivity index (χ3n) is 4.72. The molecule has 1 aromatic heterocycles. The molecule has 2 aliphatic heterocycles. The molecule has 0 unspecified atom stereocenters. The van der Waals surface area contributed by atoms with Crippen LogP contribution in [0.2, 0.25) is 0 Å². The quantitative estimate of drug-likeness (QED) is 0.943. The number of rotatable bonds is 3. The highest BCUT2D eigenvalue weighted by molar-refractivity contribution is 5.28. The lowest BCUT2D eigenvalue weighted by Crippen LogP contribution is -2.42. The molecule has 0 amide bonds. The van der Waals surface area contributed by atoms with E-state index in [1.54, 1.807) is 0 Å². The highest BCUT2D eigenvalue weighted by Gasteiger charge is 2.37. The molecule has 2 saturated heterocycles. The molecule has 2 fully saturated rings. The van der Waals surface area contributed by atoms with E-state index in [4.69, 9.17) is 4.74 Å². The van der Waals surface area contributed by atoms with Gasteiger partial charge in [-0.15, -0.1) is 0 Å². The molecular formula is C18H22N4O. The van der Waals surface area contributed by atoms with E-state index in [0.717, 1.165) is 37.8 Å². The molecule has 2 aliphatic rings. The summed E-state index contributed by atoms with van der Waals surface area (Å²) in [4.78, 5) is 11.3. The largest absolute Gasteiger partial charge is 0.371 e. The predicted octanol–water partition coefficient (Wildman–Crippen LogP) is 2.41. The first-order valence-electron chi connectivity index (χ1n) is 8.25. The highest BCUT2D eigenvalue weighted by Crippen LogP contribution is 2.30. The van der Waals surface area contributed by atoms with Gasteiger partial charge in [-0.05, 0) is 25.0 Å². The van der Waals surface area contributed by atoms with E-state index >= 15 is 0 Å². The fourth-order valence-corrected chi connectivity index (χ4v) is 3.55. The van der Waals surface area contributed by atoms with Crippen LogP contribution < -0.4 is 5.32 Å². The molecule has 0 aliphatic carbocycles. The van der Waals surface area contributed by atoms with Crippen LogP contribution in [0.4, 0.5) is 5.95 Å². The van der Waals surface area contributed by atoms with Crippen LogP contribution in [-0.4, -0.2) is 46.6 Å². The standard InChI is InChI=1S/C18H22N4O/c1-13-7-8-19-18(20-13)21-15-9-16-12-23-17(11-22(16)10-15)14-5-3-2-4-6-14/h2-8,15-17H,9-12H2,1H3,(H,19,20,21)/t15-,16-,17+/m0/s1. The van der Waals surface area contributed by atoms with Gasteiger partial charge in [-0.1, -0.05) is 30.3 Å². The van der Waals surface area contributed by atoms with Crippen LogP contribution in [0.15, 0.2) is 42.6 Å². The summed E-state index contributed by atoms with van der Waals surface area (Å²) in [6.07, 6.45) is 3.07. The van der Waals surface area contributed by atoms with Crippen molar-refractivity contribution in [2.24, 2.45) is 0 Å². The van der Waals surface area contributed by atoms with Gasteiger partial charge >= 0.3 is 0 Å². The van der Waals surface area contributed by atoms with Crippen molar-refractivity contribution in [1.82, 2.24) is 14.9 Å². The van der Waals surface area contributed by atoms with Gasteiger partial charge in [-0.25, -0.2) is 9.97 Å². The molecule has 0 spiro atoms. The lowest BCUT2D eigenvalue weighted by molar-refractivity contribution is -0.0501. The fourth-order valence-electron chi connectivity index (χ4n) is 3.55. The molecule has 3 atom stereocenters. The number of morpholine rings is 1. The van der Waals surface area contributed by atoms with E-state index in [9.17, 15) is 0 Å². The third kappa shape index (κ3) is 3.21. The first-order valence-corrected chi connectivity index (χ1v) is 8.25. The van der Waals surface area contributed by atoms with Crippen molar-refractivity contribution in [3.8, 4) is 0 Å². The van der Waals surface area contributed by atoms with E-state index in [1.807, 2.05) is 25.3 Å². The Morgan fingerprint density at radius 3 is 2.87 bits per heavy atom. The number of nitrogens with one attached hydrogen (secondary N) is 1. The van der Waals surface area contributed by atoms with Gasteiger partial charge in [0.15, 0.2) is 0 Å². The molecule has 1 N–H and O–H groups in total. The van der Waals surface area contributed by atoms with Gasteiger partial charge in [0.05, 0.1) is 12.7 Å². The number of anilines is 1. The van der Waals surface area contributed by atoms with E-state index in [2.05, 4.69) is 44.5 Å². The average Bonchev–Trinajstić information content (AvgIpc) is 2.97. The second-order valence-corrected chi connectivity index (χ2v) is 6.44. The summed E-state index contributed by atoms with van der Waals surface area (Å²) >= 11 is 0. The number of hydrogen-bond donors (Lipinski definition) is 1. The summed E-state index contributed by atoms with van der Waals surface area (Å²) in [5.74, 6) is 0.732. The Bertz CT molecular complexity index is 663. The van der Waals surface area contributed by atoms with Gasteiger partial charge in [0.2, 0.25) is 5.95 Å². The number of nitrogens with zero attached hydrogens (tertiary/aromatic N) is 3. The second-order valence-electron chi connectivity index (χ2n) is 6.44. The summed E-state index contributed by atoms with van der Waals surface area (Å²) in [5.41, 5.74) is 2.26. The van der Waals surface area contributed by atoms with Gasteiger partial charge < -0.3 is 10.1 Å². The van der Waals surface area contributed by atoms with Crippen LogP contribution in [0.1, 0.15) is 23.8 Å². The molecule has 0 radical (unpaired) electrons. The zero-order chi connectivity index (χ0) is 15.6. The number of aryl methyl sites for hydroxylation is 1. The maximum atomic E-state index is 6.09. The summed E-state index contributed by atoms with van der Waals surface area (Å²) in [5, 5.41) is 3.47. The van der Waals surface area contributed by atoms with Crippen LogP contribution in [0.5, 0.6) is 0 Å². The minimum Gasteiger partial charge on any atom is -0.371 e. The molecular weight excluding hydrogens is 288 g/mol. The van der Waals surface area contributed by atoms with E-state index in [0.29, 0.717) is 12.1 Å². The van der Waals surface area contributed by atoms with Crippen LogP contribution in [0.3, 0.4) is 0 Å². The number of aromatic nitrogens is 2. The smallest absolute Gasteiger partial charge is 0.223 e. The first kappa shape index (κ1) is 14.6. The second kappa shape index (κ2) is 6.26. The molecule has 5 heteroatoms. The molecule has 3 heterocycles. The third-order valence-corrected chi connectivity index (χ3v) is 4.72. The molecule has 1 aromatic carbocycles. The minimum absolute atomic E-state index is 0.182. The van der Waals surface area contributed by atoms with Gasteiger partial charge in [0, 0.05) is 37.1 Å². The zero-order valence-corrected chi connectivity index (χ0v) is 13.4. The molecule has 0 bridgehead atoms. The maximum absolute atomic E-state index is 6.09. The highest BCUT2D eigenvalue weighted by atomic mass is 16.5. The minimum atomic E-state index is 0.182. The number of ether oxygens (including phenoxy) is 1. The Hall–Kier alpha value is -1.98. The van der Waals surface area contributed by atoms with Crippen LogP contribution in [0.25, 0.3) is 0 Å². The Balaban J connectivity index is 1.40. The number of fused-ring (bicyclic) bond motifs is 1. The average molecular weight is 310 g/mol. The Labute approximate surface area is 136 Å². The molecule has 23 heavy (non-hydrogen) atoms. The van der Waals surface area contributed by atoms with Gasteiger partial charge in [-0.2, -0.15) is 0 Å². The van der Waals surface area contributed by atoms with Gasteiger partial charge in [0.1, 0.15) is 0 Å². The van der Waals surface area contributed by atoms with Crippen molar-refractivity contribution in [1.29, 1.82) is 0 Å². The number of hydrogen-bond acceptors (Lipinski definition) is 5. The van der Waals surface area contributed by atoms with Crippen molar-refractivity contribution in [3.05, 3.63) is 53.9 Å². The Morgan fingerprint density at radius 2 is 2.04 bits per heavy atom. The Kier molecular flexibility index (Phi) is 3.97. The van der Waals surface area contributed by atoms with E-state index in [1.165, 1.54) is 5.56 Å². The zero-order valence-electron chi connectivity index (χ0n) is 13.4. The monoisotopic (exact) mass is 310 g/mol. The van der Waals surface area contributed by atoms with E-state index < -0.39 is 0 Å². The Morgan fingerprint density at radius 1 is 1.17 bits per heavy atom. The first-order chi connectivity index (χ1) is 11.3. The van der Waals surface area contributed by atoms with Crippen LogP contribution in [0, 0.1) is 6.92 Å². The molecule has 120 valence electrons. The SMILES string of the molecule is Cc1ccnc(N[C@H]2C[C@H]3CO[C@@H](c4ccccc4)CN3C2)n1. The lowest BCUT2D eigenvalue weighted by Gasteiger charge is -2.35. The topological polar surface area (TPSA) is 50.3 Å². The van der Waals surface area contributed by atoms with Crippen molar-refractivity contribution in [2.45, 2.75) is 31.5 Å². The van der Waals surface area contributed by atoms with E-state index in [-0.39, 0.29) is 6.10 Å². The molecule has 4 rings (SSSR count). The van der Waals surface area contributed by atoms with Crippen molar-refractivity contribution >= 4 is 5.95 Å². The summed E-state index contributed by atoms with van der Waals surface area (Å²) < 4.78 is 6.09. The molecule has 2 aromatic rings. The van der Waals surface area contributed by atoms with Crippen molar-refractivity contribution in [3.63, 3.8) is 0 Å². The fraction of sp³-hybridized carbons (Fsp3) is 0.444. The summed E-state index contributed by atoms with van der Waals surface area (Å²) in [7, 11) is 0. The normalized spacial score (nSPS) is 27.6. The van der Waals surface area contributed by atoms with Crippen LogP contribution in [-0.2, 0) is 4.74 Å². The summed E-state index contributed by atoms with van der Waals surface area (Å²) in [6.45, 7) is 4.77. The van der Waals surface area contributed by atoms with Crippen LogP contribution >= 0.6 is 0 Å². The summed E-state index contributed by atoms with van der Waals surface area (Å²) in [6, 6.07) is 13.3.